The molecule has 0 aromatic heterocycles. The zero-order chi connectivity index (χ0) is 10.7. The monoisotopic (exact) mass is 197 g/mol. The molecule has 1 rings (SSSR count). The van der Waals surface area contributed by atoms with Gasteiger partial charge in [-0.1, -0.05) is 20.8 Å². The van der Waals surface area contributed by atoms with E-state index in [1.807, 2.05) is 0 Å². The minimum Gasteiger partial charge on any atom is -0.318 e. The molecule has 0 atom stereocenters. The first kappa shape index (κ1) is 12.8. The molecule has 0 bridgehead atoms. The highest BCUT2D eigenvalue weighted by atomic mass is 19.4. The Kier molecular flexibility index (Phi) is 4.23. The van der Waals surface area contributed by atoms with Crippen LogP contribution in [-0.4, -0.2) is 11.7 Å². The molecule has 4 heteroatoms. The van der Waals surface area contributed by atoms with Crippen LogP contribution in [0.1, 0.15) is 40.0 Å². The lowest BCUT2D eigenvalue weighted by molar-refractivity contribution is -0.206. The largest absolute Gasteiger partial charge is 0.406 e. The van der Waals surface area contributed by atoms with Gasteiger partial charge in [-0.3, -0.25) is 0 Å². The molecule has 80 valence electrons. The molecule has 0 saturated heterocycles. The summed E-state index contributed by atoms with van der Waals surface area (Å²) < 4.78 is 35.3. The van der Waals surface area contributed by atoms with Crippen LogP contribution in [0.2, 0.25) is 0 Å². The summed E-state index contributed by atoms with van der Waals surface area (Å²) in [5, 5.41) is 0. The third-order valence-electron chi connectivity index (χ3n) is 1.81. The molecule has 0 heterocycles. The second-order valence-electron chi connectivity index (χ2n) is 4.24. The smallest absolute Gasteiger partial charge is 0.318 e. The Hall–Kier alpha value is -0.250. The molecule has 1 nitrogen and oxygen atoms in total. The molecule has 0 spiro atoms. The highest BCUT2D eigenvalue weighted by molar-refractivity contribution is 4.98. The molecule has 1 aliphatic carbocycles. The highest BCUT2D eigenvalue weighted by Crippen LogP contribution is 2.42. The van der Waals surface area contributed by atoms with Crippen molar-refractivity contribution in [2.75, 3.05) is 0 Å². The molecule has 1 saturated carbocycles. The summed E-state index contributed by atoms with van der Waals surface area (Å²) in [5.74, 6) is 0.833. The van der Waals surface area contributed by atoms with Crippen LogP contribution in [-0.2, 0) is 0 Å². The molecule has 0 aliphatic heterocycles. The minimum absolute atomic E-state index is 0.0938. The maximum atomic E-state index is 11.8. The van der Waals surface area contributed by atoms with Gasteiger partial charge >= 0.3 is 6.18 Å². The van der Waals surface area contributed by atoms with E-state index in [0.29, 0.717) is 6.42 Å². The van der Waals surface area contributed by atoms with E-state index in [1.165, 1.54) is 0 Å². The van der Waals surface area contributed by atoms with Crippen molar-refractivity contribution in [3.05, 3.63) is 0 Å². The van der Waals surface area contributed by atoms with Crippen molar-refractivity contribution in [1.29, 1.82) is 0 Å². The van der Waals surface area contributed by atoms with Crippen molar-refractivity contribution in [2.24, 2.45) is 11.7 Å². The van der Waals surface area contributed by atoms with Crippen LogP contribution in [0.25, 0.3) is 0 Å². The number of hydrogen-bond donors (Lipinski definition) is 1. The van der Waals surface area contributed by atoms with Crippen molar-refractivity contribution in [1.82, 2.24) is 0 Å². The van der Waals surface area contributed by atoms with E-state index in [4.69, 9.17) is 5.73 Å². The van der Waals surface area contributed by atoms with Crippen molar-refractivity contribution < 1.29 is 13.2 Å². The van der Waals surface area contributed by atoms with Crippen LogP contribution in [0.5, 0.6) is 0 Å². The van der Waals surface area contributed by atoms with E-state index in [2.05, 4.69) is 20.8 Å². The summed E-state index contributed by atoms with van der Waals surface area (Å²) in [5.41, 5.74) is 3.11. The molecular formula is C9H18F3N. The summed E-state index contributed by atoms with van der Waals surface area (Å²) in [6, 6.07) is 0. The molecule has 0 aromatic rings. The Morgan fingerprint density at radius 1 is 1.15 bits per heavy atom. The van der Waals surface area contributed by atoms with E-state index in [9.17, 15) is 13.2 Å². The summed E-state index contributed by atoms with van der Waals surface area (Å²) in [4.78, 5) is 0. The predicted octanol–water partition coefficient (Wildman–Crippen LogP) is 3.09. The molecule has 0 radical (unpaired) electrons. The Bertz CT molecular complexity index is 145. The quantitative estimate of drug-likeness (QED) is 0.634. The van der Waals surface area contributed by atoms with Crippen LogP contribution in [0.4, 0.5) is 13.2 Å². The first-order valence-corrected chi connectivity index (χ1v) is 4.54. The molecule has 1 fully saturated rings. The van der Waals surface area contributed by atoms with Gasteiger partial charge in [-0.15, -0.1) is 0 Å². The van der Waals surface area contributed by atoms with E-state index < -0.39 is 11.7 Å². The Labute approximate surface area is 77.5 Å². The summed E-state index contributed by atoms with van der Waals surface area (Å²) in [6.45, 7) is 6.50. The standard InChI is InChI=1S/C5H8F3N.C4H10/c6-5(7,8)4(9)2-1-3-4;1-4(2)3/h1-3,9H2;4H,1-3H3. The molecule has 2 N–H and O–H groups in total. The van der Waals surface area contributed by atoms with Gasteiger partial charge in [-0.2, -0.15) is 13.2 Å². The number of halogens is 3. The van der Waals surface area contributed by atoms with Crippen molar-refractivity contribution in [2.45, 2.75) is 51.7 Å². The van der Waals surface area contributed by atoms with E-state index in [-0.39, 0.29) is 12.8 Å². The normalized spacial score (nSPS) is 20.3. The Morgan fingerprint density at radius 3 is 1.46 bits per heavy atom. The summed E-state index contributed by atoms with van der Waals surface area (Å²) in [7, 11) is 0. The number of rotatable bonds is 0. The van der Waals surface area contributed by atoms with Gasteiger partial charge < -0.3 is 5.73 Å². The van der Waals surface area contributed by atoms with Crippen LogP contribution in [0.3, 0.4) is 0 Å². The number of alkyl halides is 3. The third kappa shape index (κ3) is 3.98. The third-order valence-corrected chi connectivity index (χ3v) is 1.81. The lowest BCUT2D eigenvalue weighted by Gasteiger charge is -2.39. The van der Waals surface area contributed by atoms with Gasteiger partial charge in [-0.25, -0.2) is 0 Å². The van der Waals surface area contributed by atoms with Crippen LogP contribution < -0.4 is 5.73 Å². The van der Waals surface area contributed by atoms with Crippen LogP contribution >= 0.6 is 0 Å². The topological polar surface area (TPSA) is 26.0 Å². The minimum atomic E-state index is -4.19. The van der Waals surface area contributed by atoms with E-state index >= 15 is 0 Å². The summed E-state index contributed by atoms with van der Waals surface area (Å²) in [6.07, 6.45) is -3.39. The zero-order valence-electron chi connectivity index (χ0n) is 8.41. The fourth-order valence-corrected chi connectivity index (χ4v) is 0.841. The second kappa shape index (κ2) is 4.31. The fraction of sp³-hybridized carbons (Fsp3) is 1.00. The Balaban J connectivity index is 0.000000310. The average molecular weight is 197 g/mol. The fourth-order valence-electron chi connectivity index (χ4n) is 0.841. The number of hydrogen-bond acceptors (Lipinski definition) is 1. The van der Waals surface area contributed by atoms with Gasteiger partial charge in [0.15, 0.2) is 0 Å². The Morgan fingerprint density at radius 2 is 1.46 bits per heavy atom. The molecule has 0 aromatic carbocycles. The lowest BCUT2D eigenvalue weighted by Crippen LogP contribution is -2.58. The maximum Gasteiger partial charge on any atom is 0.406 e. The molecule has 13 heavy (non-hydrogen) atoms. The van der Waals surface area contributed by atoms with Gasteiger partial charge in [0.1, 0.15) is 5.54 Å². The molecule has 0 amide bonds. The molecular weight excluding hydrogens is 179 g/mol. The zero-order valence-corrected chi connectivity index (χ0v) is 8.41. The maximum absolute atomic E-state index is 11.8. The number of nitrogens with two attached hydrogens (primary N) is 1. The van der Waals surface area contributed by atoms with E-state index in [1.54, 1.807) is 0 Å². The van der Waals surface area contributed by atoms with Gasteiger partial charge in [0.2, 0.25) is 0 Å². The SMILES string of the molecule is CC(C)C.NC1(C(F)(F)F)CCC1. The van der Waals surface area contributed by atoms with Gasteiger partial charge in [-0.05, 0) is 25.2 Å². The predicted molar refractivity (Wildman–Crippen MR) is 47.3 cm³/mol. The van der Waals surface area contributed by atoms with Gasteiger partial charge in [0, 0.05) is 0 Å². The molecule has 1 aliphatic rings. The second-order valence-corrected chi connectivity index (χ2v) is 4.24. The van der Waals surface area contributed by atoms with Crippen molar-refractivity contribution in [3.63, 3.8) is 0 Å². The van der Waals surface area contributed by atoms with Gasteiger partial charge in [0.25, 0.3) is 0 Å². The first-order valence-electron chi connectivity index (χ1n) is 4.54. The van der Waals surface area contributed by atoms with Crippen molar-refractivity contribution >= 4 is 0 Å². The lowest BCUT2D eigenvalue weighted by atomic mass is 9.77. The van der Waals surface area contributed by atoms with E-state index in [0.717, 1.165) is 5.92 Å². The van der Waals surface area contributed by atoms with Crippen molar-refractivity contribution in [3.8, 4) is 0 Å². The first-order chi connectivity index (χ1) is 5.69. The van der Waals surface area contributed by atoms with Crippen LogP contribution in [0, 0.1) is 5.92 Å². The van der Waals surface area contributed by atoms with Crippen LogP contribution in [0.15, 0.2) is 0 Å². The highest BCUT2D eigenvalue weighted by Gasteiger charge is 2.55. The summed E-state index contributed by atoms with van der Waals surface area (Å²) >= 11 is 0. The van der Waals surface area contributed by atoms with Gasteiger partial charge in [0.05, 0.1) is 0 Å². The average Bonchev–Trinajstić information content (AvgIpc) is 1.78. The molecule has 0 unspecified atom stereocenters.